The van der Waals surface area contributed by atoms with E-state index in [4.69, 9.17) is 33.2 Å². The predicted molar refractivity (Wildman–Crippen MR) is 180 cm³/mol. The molecule has 3 aromatic carbocycles. The Balaban J connectivity index is 0.000000440. The second-order valence-corrected chi connectivity index (χ2v) is 9.58. The minimum atomic E-state index is -0.403. The molecule has 0 radical (unpaired) electrons. The van der Waals surface area contributed by atoms with Crippen LogP contribution in [0.4, 0.5) is 0 Å². The van der Waals surface area contributed by atoms with Gasteiger partial charge in [0.1, 0.15) is 35.6 Å². The van der Waals surface area contributed by atoms with Crippen LogP contribution < -0.4 is 18.9 Å². The molecule has 0 heterocycles. The minimum absolute atomic E-state index is 0.373. The van der Waals surface area contributed by atoms with Crippen LogP contribution in [0.3, 0.4) is 0 Å². The summed E-state index contributed by atoms with van der Waals surface area (Å²) in [6.07, 6.45) is 7.19. The third kappa shape index (κ3) is 17.8. The SMILES string of the molecule is C=CC(=O)OCCCCOc1ccc(C=O)cc1.C=CC=O.COCCCCOc1ccc(C(=O)Oc2ccc(OC)cc2C)cc1. The first-order valence-corrected chi connectivity index (χ1v) is 14.9. The molecule has 0 N–H and O–H groups in total. The molecule has 252 valence electrons. The van der Waals surface area contributed by atoms with Crippen LogP contribution in [0.25, 0.3) is 0 Å². The van der Waals surface area contributed by atoms with Crippen molar-refractivity contribution < 1.29 is 47.6 Å². The van der Waals surface area contributed by atoms with Crippen molar-refractivity contribution in [3.8, 4) is 23.0 Å². The summed E-state index contributed by atoms with van der Waals surface area (Å²) in [6, 6.07) is 19.2. The molecule has 0 aliphatic rings. The van der Waals surface area contributed by atoms with E-state index >= 15 is 0 Å². The van der Waals surface area contributed by atoms with Crippen LogP contribution in [-0.2, 0) is 19.1 Å². The van der Waals surface area contributed by atoms with Crippen molar-refractivity contribution in [2.24, 2.45) is 0 Å². The number of unbranched alkanes of at least 4 members (excludes halogenated alkanes) is 2. The van der Waals surface area contributed by atoms with E-state index in [-0.39, 0.29) is 0 Å². The Bertz CT molecular complexity index is 1360. The molecule has 10 heteroatoms. The van der Waals surface area contributed by atoms with E-state index in [0.29, 0.717) is 43.0 Å². The number of aldehydes is 2. The maximum absolute atomic E-state index is 12.3. The highest BCUT2D eigenvalue weighted by Crippen LogP contribution is 2.24. The zero-order valence-electron chi connectivity index (χ0n) is 27.3. The van der Waals surface area contributed by atoms with Crippen LogP contribution >= 0.6 is 0 Å². The van der Waals surface area contributed by atoms with E-state index in [9.17, 15) is 14.4 Å². The van der Waals surface area contributed by atoms with E-state index in [1.807, 2.05) is 13.0 Å². The molecule has 0 aromatic heterocycles. The van der Waals surface area contributed by atoms with Crippen molar-refractivity contribution in [3.05, 3.63) is 109 Å². The second-order valence-electron chi connectivity index (χ2n) is 9.58. The van der Waals surface area contributed by atoms with Gasteiger partial charge in [0.05, 0.1) is 32.5 Å². The van der Waals surface area contributed by atoms with Crippen LogP contribution in [0.2, 0.25) is 0 Å². The molecular formula is C37H44O10. The summed E-state index contributed by atoms with van der Waals surface area (Å²) in [7, 11) is 3.29. The van der Waals surface area contributed by atoms with Gasteiger partial charge in [-0.1, -0.05) is 13.2 Å². The number of hydrogen-bond acceptors (Lipinski definition) is 10. The van der Waals surface area contributed by atoms with Crippen molar-refractivity contribution in [1.82, 2.24) is 0 Å². The number of benzene rings is 3. The number of ether oxygens (including phenoxy) is 6. The number of carbonyl (C=O) groups excluding carboxylic acids is 4. The van der Waals surface area contributed by atoms with Crippen molar-refractivity contribution >= 4 is 24.5 Å². The van der Waals surface area contributed by atoms with E-state index in [1.165, 1.54) is 6.08 Å². The normalized spacial score (nSPS) is 9.60. The van der Waals surface area contributed by atoms with Crippen molar-refractivity contribution in [2.75, 3.05) is 40.6 Å². The smallest absolute Gasteiger partial charge is 0.343 e. The first-order chi connectivity index (χ1) is 22.8. The average Bonchev–Trinajstić information content (AvgIpc) is 3.11. The Labute approximate surface area is 276 Å². The topological polar surface area (TPSA) is 124 Å². The van der Waals surface area contributed by atoms with E-state index in [1.54, 1.807) is 74.9 Å². The van der Waals surface area contributed by atoms with Crippen molar-refractivity contribution in [3.63, 3.8) is 0 Å². The number of esters is 2. The van der Waals surface area contributed by atoms with Crippen molar-refractivity contribution in [2.45, 2.75) is 32.6 Å². The molecule has 0 fully saturated rings. The van der Waals surface area contributed by atoms with Gasteiger partial charge in [0, 0.05) is 25.4 Å². The third-order valence-corrected chi connectivity index (χ3v) is 6.02. The molecule has 3 aromatic rings. The maximum Gasteiger partial charge on any atom is 0.343 e. The molecule has 0 spiro atoms. The lowest BCUT2D eigenvalue weighted by atomic mass is 10.2. The number of allylic oxidation sites excluding steroid dienone is 1. The Hall–Kier alpha value is -5.22. The largest absolute Gasteiger partial charge is 0.497 e. The molecule has 47 heavy (non-hydrogen) atoms. The van der Waals surface area contributed by atoms with Crippen LogP contribution in [0.5, 0.6) is 23.0 Å². The molecule has 0 atom stereocenters. The highest BCUT2D eigenvalue weighted by atomic mass is 16.5. The number of methoxy groups -OCH3 is 2. The summed E-state index contributed by atoms with van der Waals surface area (Å²) in [5, 5.41) is 0. The molecule has 10 nitrogen and oxygen atoms in total. The summed E-state index contributed by atoms with van der Waals surface area (Å²) in [6.45, 7) is 10.6. The summed E-state index contributed by atoms with van der Waals surface area (Å²) >= 11 is 0. The Morgan fingerprint density at radius 2 is 1.26 bits per heavy atom. The number of carbonyl (C=O) groups is 4. The molecule has 0 aliphatic heterocycles. The van der Waals surface area contributed by atoms with Crippen LogP contribution in [0.15, 0.2) is 92.0 Å². The zero-order chi connectivity index (χ0) is 34.7. The molecule has 0 unspecified atom stereocenters. The highest BCUT2D eigenvalue weighted by Gasteiger charge is 2.11. The Morgan fingerprint density at radius 3 is 1.74 bits per heavy atom. The molecule has 0 saturated heterocycles. The molecule has 3 rings (SSSR count). The van der Waals surface area contributed by atoms with Gasteiger partial charge in [-0.05, 0) is 111 Å². The molecule has 0 bridgehead atoms. The van der Waals surface area contributed by atoms with E-state index in [2.05, 4.69) is 13.2 Å². The first-order valence-electron chi connectivity index (χ1n) is 14.9. The minimum Gasteiger partial charge on any atom is -0.497 e. The summed E-state index contributed by atoms with van der Waals surface area (Å²) in [5.41, 5.74) is 1.93. The monoisotopic (exact) mass is 648 g/mol. The Kier molecular flexibility index (Phi) is 21.2. The van der Waals surface area contributed by atoms with E-state index in [0.717, 1.165) is 67.5 Å². The van der Waals surface area contributed by atoms with Crippen molar-refractivity contribution in [1.29, 1.82) is 0 Å². The lowest BCUT2D eigenvalue weighted by molar-refractivity contribution is -0.137. The number of rotatable bonds is 18. The molecule has 0 aliphatic carbocycles. The fourth-order valence-corrected chi connectivity index (χ4v) is 3.52. The summed E-state index contributed by atoms with van der Waals surface area (Å²) in [4.78, 5) is 42.5. The maximum atomic E-state index is 12.3. The van der Waals surface area contributed by atoms with Gasteiger partial charge < -0.3 is 28.4 Å². The van der Waals surface area contributed by atoms with E-state index < -0.39 is 11.9 Å². The standard InChI is InChI=1S/C20H24O5.C14H16O4.C3H4O/c1-15-14-18(23-3)10-11-19(15)25-20(21)16-6-8-17(9-7-16)24-13-5-4-12-22-2;1-2-14(16)18-10-4-3-9-17-13-7-5-12(11-15)6-8-13;1-2-3-4/h6-11,14H,4-5,12-13H2,1-3H3;2,5-8,11H,1,3-4,9-10H2;2-3H,1H2. The fourth-order valence-electron chi connectivity index (χ4n) is 3.52. The first kappa shape index (κ1) is 39.8. The van der Waals surface area contributed by atoms with Gasteiger partial charge in [-0.15, -0.1) is 0 Å². The zero-order valence-corrected chi connectivity index (χ0v) is 27.3. The lowest BCUT2D eigenvalue weighted by Gasteiger charge is -2.10. The van der Waals surface area contributed by atoms with Gasteiger partial charge in [-0.2, -0.15) is 0 Å². The van der Waals surface area contributed by atoms with Gasteiger partial charge in [0.2, 0.25) is 0 Å². The lowest BCUT2D eigenvalue weighted by Crippen LogP contribution is -2.09. The van der Waals surface area contributed by atoms with Gasteiger partial charge in [0.25, 0.3) is 0 Å². The molecule has 0 amide bonds. The predicted octanol–water partition coefficient (Wildman–Crippen LogP) is 6.79. The second kappa shape index (κ2) is 25.0. The summed E-state index contributed by atoms with van der Waals surface area (Å²) < 4.78 is 31.5. The van der Waals surface area contributed by atoms with Crippen LogP contribution in [0, 0.1) is 6.92 Å². The number of hydrogen-bond donors (Lipinski definition) is 0. The average molecular weight is 649 g/mol. The van der Waals surface area contributed by atoms with Gasteiger partial charge in [-0.25, -0.2) is 9.59 Å². The number of aryl methyl sites for hydroxylation is 1. The van der Waals surface area contributed by atoms with Gasteiger partial charge >= 0.3 is 11.9 Å². The third-order valence-electron chi connectivity index (χ3n) is 6.02. The Morgan fingerprint density at radius 1 is 0.723 bits per heavy atom. The molecule has 0 saturated carbocycles. The highest BCUT2D eigenvalue weighted by molar-refractivity contribution is 5.91. The van der Waals surface area contributed by atoms with Gasteiger partial charge in [-0.3, -0.25) is 9.59 Å². The van der Waals surface area contributed by atoms with Crippen LogP contribution in [-0.4, -0.2) is 65.2 Å². The fraction of sp³-hybridized carbons (Fsp3) is 0.297. The summed E-state index contributed by atoms with van der Waals surface area (Å²) in [5.74, 6) is 1.90. The van der Waals surface area contributed by atoms with Crippen LogP contribution in [0.1, 0.15) is 52.0 Å². The quantitative estimate of drug-likeness (QED) is 0.0479. The molecular weight excluding hydrogens is 604 g/mol. The van der Waals surface area contributed by atoms with Gasteiger partial charge in [0.15, 0.2) is 0 Å².